The number of hydrogen-bond acceptors (Lipinski definition) is 2. The fourth-order valence-corrected chi connectivity index (χ4v) is 0.326. The molecule has 0 saturated carbocycles. The highest BCUT2D eigenvalue weighted by atomic mass is 35.5. The van der Waals surface area contributed by atoms with E-state index in [0.717, 1.165) is 0 Å². The topological polar surface area (TPSA) is 43.1 Å². The summed E-state index contributed by atoms with van der Waals surface area (Å²) in [6.07, 6.45) is 0. The summed E-state index contributed by atoms with van der Waals surface area (Å²) in [5.41, 5.74) is 5.13. The van der Waals surface area contributed by atoms with E-state index in [9.17, 15) is 4.79 Å². The number of hydrogen-bond donors (Lipinski definition) is 1. The van der Waals surface area contributed by atoms with Gasteiger partial charge in [-0.05, 0) is 6.92 Å². The molecule has 2 N–H and O–H groups in total. The molecule has 0 aliphatic carbocycles. The van der Waals surface area contributed by atoms with Crippen LogP contribution in [0.3, 0.4) is 0 Å². The lowest BCUT2D eigenvalue weighted by Crippen LogP contribution is -2.29. The van der Waals surface area contributed by atoms with E-state index < -0.39 is 6.04 Å². The number of carbonyl (C=O) groups excluding carboxylic acids is 1. The minimum atomic E-state index is -0.471. The van der Waals surface area contributed by atoms with Crippen LogP contribution in [0, 0.1) is 0 Å². The number of alkyl halides is 1. The average Bonchev–Trinajstić information content (AvgIpc) is 1.65. The van der Waals surface area contributed by atoms with Gasteiger partial charge in [0.05, 0.1) is 6.04 Å². The lowest BCUT2D eigenvalue weighted by atomic mass is 10.3. The summed E-state index contributed by atoms with van der Waals surface area (Å²) in [6.45, 7) is 1.42. The van der Waals surface area contributed by atoms with Gasteiger partial charge in [-0.1, -0.05) is 0 Å². The molecule has 2 nitrogen and oxygen atoms in total. The molecule has 0 aromatic rings. The second-order valence-corrected chi connectivity index (χ2v) is 1.68. The van der Waals surface area contributed by atoms with Crippen LogP contribution in [0.1, 0.15) is 6.92 Å². The van der Waals surface area contributed by atoms with Crippen LogP contribution in [-0.4, -0.2) is 17.7 Å². The van der Waals surface area contributed by atoms with Crippen molar-refractivity contribution < 1.29 is 4.79 Å². The van der Waals surface area contributed by atoms with Crippen molar-refractivity contribution in [3.05, 3.63) is 0 Å². The molecule has 42 valence electrons. The zero-order chi connectivity index (χ0) is 5.86. The first-order valence-electron chi connectivity index (χ1n) is 2.00. The van der Waals surface area contributed by atoms with Gasteiger partial charge in [0.2, 0.25) is 0 Å². The van der Waals surface area contributed by atoms with Gasteiger partial charge < -0.3 is 5.73 Å². The smallest absolute Gasteiger partial charge is 0.147 e. The van der Waals surface area contributed by atoms with Gasteiger partial charge in [-0.25, -0.2) is 0 Å². The van der Waals surface area contributed by atoms with Crippen molar-refractivity contribution in [1.82, 2.24) is 0 Å². The highest BCUT2D eigenvalue weighted by Crippen LogP contribution is 1.82. The quantitative estimate of drug-likeness (QED) is 0.529. The zero-order valence-electron chi connectivity index (χ0n) is 4.15. The summed E-state index contributed by atoms with van der Waals surface area (Å²) < 4.78 is 0. The molecular formula is C4H8ClNO. The Morgan fingerprint density at radius 2 is 2.43 bits per heavy atom. The Bertz CT molecular complexity index is 74.1. The van der Waals surface area contributed by atoms with Crippen molar-refractivity contribution in [3.8, 4) is 0 Å². The summed E-state index contributed by atoms with van der Waals surface area (Å²) in [5, 5.41) is 0. The number of Topliss-reactive ketones (excluding diaryl/α,β-unsaturated/α-hetero) is 1. The maximum Gasteiger partial charge on any atom is 0.147 e. The lowest BCUT2D eigenvalue weighted by Gasteiger charge is -1.97. The van der Waals surface area contributed by atoms with Gasteiger partial charge in [0.1, 0.15) is 5.78 Å². The van der Waals surface area contributed by atoms with Crippen molar-refractivity contribution in [1.29, 1.82) is 0 Å². The van der Waals surface area contributed by atoms with Gasteiger partial charge in [-0.3, -0.25) is 4.79 Å². The Balaban J connectivity index is 3.34. The van der Waals surface area contributed by atoms with Crippen molar-refractivity contribution in [2.24, 2.45) is 5.73 Å². The third kappa shape index (κ3) is 2.60. The Hall–Kier alpha value is -0.0800. The minimum absolute atomic E-state index is 0.0602. The van der Waals surface area contributed by atoms with Crippen molar-refractivity contribution in [2.45, 2.75) is 13.0 Å². The zero-order valence-corrected chi connectivity index (χ0v) is 4.90. The summed E-state index contributed by atoms with van der Waals surface area (Å²) in [6, 6.07) is -0.471. The second-order valence-electron chi connectivity index (χ2n) is 1.37. The Morgan fingerprint density at radius 3 is 2.43 bits per heavy atom. The van der Waals surface area contributed by atoms with E-state index in [1.807, 2.05) is 0 Å². The third-order valence-corrected chi connectivity index (χ3v) is 1.02. The lowest BCUT2D eigenvalue weighted by molar-refractivity contribution is -0.117. The fourth-order valence-electron chi connectivity index (χ4n) is 0.109. The third-order valence-electron chi connectivity index (χ3n) is 0.688. The molecule has 0 rings (SSSR count). The number of halogens is 1. The molecule has 0 aliphatic rings. The van der Waals surface area contributed by atoms with Gasteiger partial charge in [0, 0.05) is 5.88 Å². The van der Waals surface area contributed by atoms with Crippen LogP contribution in [0.4, 0.5) is 0 Å². The first-order valence-corrected chi connectivity index (χ1v) is 2.54. The number of rotatable bonds is 2. The molecule has 3 heteroatoms. The molecule has 0 amide bonds. The van der Waals surface area contributed by atoms with Crippen molar-refractivity contribution in [3.63, 3.8) is 0 Å². The van der Waals surface area contributed by atoms with Crippen LogP contribution >= 0.6 is 11.6 Å². The summed E-state index contributed by atoms with van der Waals surface area (Å²) in [5.74, 6) is 0.157. The predicted octanol–water partition coefficient (Wildman–Crippen LogP) is 0.142. The van der Waals surface area contributed by atoms with Crippen LogP contribution in [-0.2, 0) is 4.79 Å². The van der Waals surface area contributed by atoms with Crippen LogP contribution in [0.15, 0.2) is 0 Å². The summed E-state index contributed by atoms with van der Waals surface area (Å²) in [4.78, 5) is 10.2. The van der Waals surface area contributed by atoms with E-state index in [-0.39, 0.29) is 11.7 Å². The van der Waals surface area contributed by atoms with Gasteiger partial charge in [0.15, 0.2) is 0 Å². The molecule has 0 aromatic carbocycles. The molecule has 0 bridgehead atoms. The van der Waals surface area contributed by atoms with Crippen molar-refractivity contribution >= 4 is 17.4 Å². The molecule has 0 radical (unpaired) electrons. The Morgan fingerprint density at radius 1 is 2.00 bits per heavy atom. The van der Waals surface area contributed by atoms with E-state index in [1.54, 1.807) is 0 Å². The first kappa shape index (κ1) is 6.92. The fraction of sp³-hybridized carbons (Fsp3) is 0.750. The number of nitrogens with two attached hydrogens (primary N) is 1. The highest BCUT2D eigenvalue weighted by Gasteiger charge is 2.03. The molecule has 0 aromatic heterocycles. The van der Waals surface area contributed by atoms with Crippen LogP contribution in [0.25, 0.3) is 0 Å². The molecule has 0 spiro atoms. The minimum Gasteiger partial charge on any atom is -0.321 e. The molecule has 7 heavy (non-hydrogen) atoms. The normalized spacial score (nSPS) is 13.6. The molecule has 1 unspecified atom stereocenters. The molecule has 0 fully saturated rings. The summed E-state index contributed by atoms with van der Waals surface area (Å²) in [7, 11) is 0. The number of carbonyl (C=O) groups is 1. The standard InChI is InChI=1S/C4H8ClNO/c1-3(7)4(6)2-5/h4H,2,6H2,1H3. The monoisotopic (exact) mass is 121 g/mol. The second kappa shape index (κ2) is 2.99. The highest BCUT2D eigenvalue weighted by molar-refractivity contribution is 6.19. The van der Waals surface area contributed by atoms with E-state index in [4.69, 9.17) is 17.3 Å². The van der Waals surface area contributed by atoms with E-state index >= 15 is 0 Å². The van der Waals surface area contributed by atoms with Gasteiger partial charge >= 0.3 is 0 Å². The Kier molecular flexibility index (Phi) is 2.96. The van der Waals surface area contributed by atoms with E-state index in [2.05, 4.69) is 0 Å². The molecule has 0 aliphatic heterocycles. The molecular weight excluding hydrogens is 114 g/mol. The van der Waals surface area contributed by atoms with Gasteiger partial charge in [-0.15, -0.1) is 11.6 Å². The average molecular weight is 122 g/mol. The largest absolute Gasteiger partial charge is 0.321 e. The predicted molar refractivity (Wildman–Crippen MR) is 29.4 cm³/mol. The van der Waals surface area contributed by atoms with Crippen molar-refractivity contribution in [2.75, 3.05) is 5.88 Å². The maximum absolute atomic E-state index is 10.2. The molecule has 0 heterocycles. The Labute approximate surface area is 47.6 Å². The van der Waals surface area contributed by atoms with Crippen LogP contribution in [0.5, 0.6) is 0 Å². The van der Waals surface area contributed by atoms with Crippen LogP contribution in [0.2, 0.25) is 0 Å². The van der Waals surface area contributed by atoms with Gasteiger partial charge in [0.25, 0.3) is 0 Å². The summed E-state index contributed by atoms with van der Waals surface area (Å²) >= 11 is 5.20. The number of ketones is 1. The maximum atomic E-state index is 10.2. The first-order chi connectivity index (χ1) is 3.18. The molecule has 1 atom stereocenters. The SMILES string of the molecule is CC(=O)C(N)CCl. The van der Waals surface area contributed by atoms with Crippen LogP contribution < -0.4 is 5.73 Å². The van der Waals surface area contributed by atoms with E-state index in [0.29, 0.717) is 0 Å². The molecule has 0 saturated heterocycles. The van der Waals surface area contributed by atoms with E-state index in [1.165, 1.54) is 6.92 Å². The van der Waals surface area contributed by atoms with Gasteiger partial charge in [-0.2, -0.15) is 0 Å².